The first-order chi connectivity index (χ1) is 15.1. The Labute approximate surface area is 183 Å². The van der Waals surface area contributed by atoms with Crippen LogP contribution in [-0.2, 0) is 25.2 Å². The molecule has 0 aliphatic carbocycles. The SMILES string of the molecule is O=C(COc1ccc(Cl)c(F)c1)N[C@H]1CO[C@H](C(=O)Nc2cnc(C(F)(F)F)cn2)CO1. The number of alkyl halides is 3. The molecule has 0 saturated carbocycles. The number of nitrogens with zero attached hydrogens (tertiary/aromatic N) is 2. The van der Waals surface area contributed by atoms with E-state index in [9.17, 15) is 27.2 Å². The van der Waals surface area contributed by atoms with Crippen molar-refractivity contribution in [2.24, 2.45) is 0 Å². The number of ether oxygens (including phenoxy) is 3. The molecule has 1 aromatic heterocycles. The predicted molar refractivity (Wildman–Crippen MR) is 100 cm³/mol. The van der Waals surface area contributed by atoms with Crippen LogP contribution in [0.25, 0.3) is 0 Å². The van der Waals surface area contributed by atoms with Crippen LogP contribution in [0, 0.1) is 5.82 Å². The molecule has 1 fully saturated rings. The van der Waals surface area contributed by atoms with Gasteiger partial charge in [-0.05, 0) is 12.1 Å². The summed E-state index contributed by atoms with van der Waals surface area (Å²) in [6, 6.07) is 3.70. The molecule has 0 spiro atoms. The summed E-state index contributed by atoms with van der Waals surface area (Å²) in [7, 11) is 0. The van der Waals surface area contributed by atoms with Crippen LogP contribution in [0.2, 0.25) is 5.02 Å². The third-order valence-corrected chi connectivity index (χ3v) is 4.27. The molecule has 0 unspecified atom stereocenters. The Bertz CT molecular complexity index is 969. The standard InChI is InChI=1S/C18H15ClF4N4O5/c19-10-2-1-9(3-11(10)20)30-7-15(28)27-16-8-31-12(6-32-16)17(29)26-14-5-24-13(4-25-14)18(21,22)23/h1-5,12,16H,6-8H2,(H,27,28)(H,25,26,29)/t12-,16+/m0/s1. The fourth-order valence-corrected chi connectivity index (χ4v) is 2.54. The minimum Gasteiger partial charge on any atom is -0.484 e. The molecule has 2 amide bonds. The van der Waals surface area contributed by atoms with Crippen molar-refractivity contribution in [2.75, 3.05) is 25.1 Å². The Morgan fingerprint density at radius 2 is 1.97 bits per heavy atom. The lowest BCUT2D eigenvalue weighted by Crippen LogP contribution is -2.50. The molecule has 0 radical (unpaired) electrons. The minimum absolute atomic E-state index is 0.0847. The van der Waals surface area contributed by atoms with Crippen molar-refractivity contribution in [2.45, 2.75) is 18.5 Å². The number of hydrogen-bond acceptors (Lipinski definition) is 7. The summed E-state index contributed by atoms with van der Waals surface area (Å²) in [5.74, 6) is -2.09. The predicted octanol–water partition coefficient (Wildman–Crippen LogP) is 2.16. The van der Waals surface area contributed by atoms with Crippen LogP contribution in [-0.4, -0.2) is 53.9 Å². The van der Waals surface area contributed by atoms with E-state index in [-0.39, 0.29) is 29.8 Å². The lowest BCUT2D eigenvalue weighted by molar-refractivity contribution is -0.164. The smallest absolute Gasteiger partial charge is 0.434 e. The summed E-state index contributed by atoms with van der Waals surface area (Å²) < 4.78 is 66.6. The Hall–Kier alpha value is -3.03. The number of rotatable bonds is 6. The van der Waals surface area contributed by atoms with Crippen molar-refractivity contribution in [1.29, 1.82) is 0 Å². The van der Waals surface area contributed by atoms with Gasteiger partial charge in [0.15, 0.2) is 30.5 Å². The van der Waals surface area contributed by atoms with Gasteiger partial charge in [-0.1, -0.05) is 11.6 Å². The Morgan fingerprint density at radius 1 is 1.19 bits per heavy atom. The number of amides is 2. The Morgan fingerprint density at radius 3 is 2.56 bits per heavy atom. The van der Waals surface area contributed by atoms with E-state index < -0.39 is 48.4 Å². The molecule has 172 valence electrons. The number of anilines is 1. The number of hydrogen-bond donors (Lipinski definition) is 2. The highest BCUT2D eigenvalue weighted by Crippen LogP contribution is 2.27. The Balaban J connectivity index is 1.40. The topological polar surface area (TPSA) is 112 Å². The van der Waals surface area contributed by atoms with E-state index >= 15 is 0 Å². The van der Waals surface area contributed by atoms with Crippen molar-refractivity contribution < 1.29 is 41.4 Å². The molecule has 2 atom stereocenters. The monoisotopic (exact) mass is 478 g/mol. The van der Waals surface area contributed by atoms with Crippen LogP contribution in [0.1, 0.15) is 5.69 Å². The summed E-state index contributed by atoms with van der Waals surface area (Å²) in [5.41, 5.74) is -1.20. The number of aromatic nitrogens is 2. The van der Waals surface area contributed by atoms with Gasteiger partial charge in [0.25, 0.3) is 11.8 Å². The molecule has 3 rings (SSSR count). The van der Waals surface area contributed by atoms with E-state index in [4.69, 9.17) is 25.8 Å². The molecule has 2 heterocycles. The van der Waals surface area contributed by atoms with Gasteiger partial charge in [-0.25, -0.2) is 14.4 Å². The van der Waals surface area contributed by atoms with E-state index in [2.05, 4.69) is 20.6 Å². The fourth-order valence-electron chi connectivity index (χ4n) is 2.42. The number of halogens is 5. The van der Waals surface area contributed by atoms with Gasteiger partial charge in [-0.3, -0.25) is 9.59 Å². The van der Waals surface area contributed by atoms with Crippen molar-refractivity contribution in [1.82, 2.24) is 15.3 Å². The zero-order valence-electron chi connectivity index (χ0n) is 16.0. The van der Waals surface area contributed by atoms with E-state index in [0.717, 1.165) is 12.3 Å². The number of carbonyl (C=O) groups excluding carboxylic acids is 2. The van der Waals surface area contributed by atoms with E-state index in [0.29, 0.717) is 6.20 Å². The number of benzene rings is 1. The average Bonchev–Trinajstić information content (AvgIpc) is 2.75. The van der Waals surface area contributed by atoms with Crippen molar-refractivity contribution in [3.63, 3.8) is 0 Å². The molecule has 1 aliphatic heterocycles. The first-order valence-corrected chi connectivity index (χ1v) is 9.30. The summed E-state index contributed by atoms with van der Waals surface area (Å²) >= 11 is 5.56. The van der Waals surface area contributed by atoms with Gasteiger partial charge in [0, 0.05) is 6.07 Å². The largest absolute Gasteiger partial charge is 0.484 e. The van der Waals surface area contributed by atoms with E-state index in [1.54, 1.807) is 0 Å². The van der Waals surface area contributed by atoms with Crippen molar-refractivity contribution in [3.8, 4) is 5.75 Å². The maximum atomic E-state index is 13.3. The summed E-state index contributed by atoms with van der Waals surface area (Å²) in [4.78, 5) is 30.7. The molecule has 9 nitrogen and oxygen atoms in total. The summed E-state index contributed by atoms with van der Waals surface area (Å²) in [6.07, 6.45) is -5.35. The van der Waals surface area contributed by atoms with Gasteiger partial charge in [0.1, 0.15) is 11.6 Å². The first kappa shape index (κ1) is 23.6. The highest BCUT2D eigenvalue weighted by Gasteiger charge is 2.33. The summed E-state index contributed by atoms with van der Waals surface area (Å²) in [6.45, 7) is -0.858. The maximum absolute atomic E-state index is 13.3. The van der Waals surface area contributed by atoms with Gasteiger partial charge < -0.3 is 24.8 Å². The lowest BCUT2D eigenvalue weighted by atomic mass is 10.3. The van der Waals surface area contributed by atoms with Gasteiger partial charge >= 0.3 is 6.18 Å². The zero-order chi connectivity index (χ0) is 23.3. The second-order valence-corrected chi connectivity index (χ2v) is 6.76. The van der Waals surface area contributed by atoms with Gasteiger partial charge in [-0.15, -0.1) is 0 Å². The van der Waals surface area contributed by atoms with Gasteiger partial charge in [-0.2, -0.15) is 13.2 Å². The van der Waals surface area contributed by atoms with Crippen molar-refractivity contribution >= 4 is 29.2 Å². The number of nitrogens with one attached hydrogen (secondary N) is 2. The van der Waals surface area contributed by atoms with Crippen LogP contribution in [0.4, 0.5) is 23.4 Å². The second-order valence-electron chi connectivity index (χ2n) is 6.35. The van der Waals surface area contributed by atoms with Crippen LogP contribution in [0.3, 0.4) is 0 Å². The highest BCUT2D eigenvalue weighted by molar-refractivity contribution is 6.30. The second kappa shape index (κ2) is 10.1. The van der Waals surface area contributed by atoms with Crippen LogP contribution < -0.4 is 15.4 Å². The molecule has 1 aliphatic rings. The Kier molecular flexibility index (Phi) is 7.43. The molecule has 14 heteroatoms. The highest BCUT2D eigenvalue weighted by atomic mass is 35.5. The molecule has 1 saturated heterocycles. The molecular formula is C18H15ClF4N4O5. The van der Waals surface area contributed by atoms with Gasteiger partial charge in [0.05, 0.1) is 30.6 Å². The van der Waals surface area contributed by atoms with E-state index in [1.807, 2.05) is 0 Å². The normalized spacial score (nSPS) is 18.7. The van der Waals surface area contributed by atoms with Crippen LogP contribution >= 0.6 is 11.6 Å². The van der Waals surface area contributed by atoms with Crippen LogP contribution in [0.15, 0.2) is 30.6 Å². The average molecular weight is 479 g/mol. The molecular weight excluding hydrogens is 464 g/mol. The fraction of sp³-hybridized carbons (Fsp3) is 0.333. The molecule has 32 heavy (non-hydrogen) atoms. The number of carbonyl (C=O) groups is 2. The quantitative estimate of drug-likeness (QED) is 0.612. The lowest BCUT2D eigenvalue weighted by Gasteiger charge is -2.29. The molecule has 0 bridgehead atoms. The summed E-state index contributed by atoms with van der Waals surface area (Å²) in [5, 5.41) is 4.63. The zero-order valence-corrected chi connectivity index (χ0v) is 16.7. The van der Waals surface area contributed by atoms with Crippen LogP contribution in [0.5, 0.6) is 5.75 Å². The molecule has 2 N–H and O–H groups in total. The van der Waals surface area contributed by atoms with Gasteiger partial charge in [0.2, 0.25) is 0 Å². The third-order valence-electron chi connectivity index (χ3n) is 3.97. The maximum Gasteiger partial charge on any atom is 0.434 e. The van der Waals surface area contributed by atoms with E-state index in [1.165, 1.54) is 12.1 Å². The minimum atomic E-state index is -4.65. The third kappa shape index (κ3) is 6.48. The first-order valence-electron chi connectivity index (χ1n) is 8.92. The van der Waals surface area contributed by atoms with Crippen molar-refractivity contribution in [3.05, 3.63) is 47.1 Å². The molecule has 1 aromatic carbocycles. The molecule has 2 aromatic rings.